The molecule has 4 nitrogen and oxygen atoms in total. The van der Waals surface area contributed by atoms with Gasteiger partial charge in [-0.15, -0.1) is 0 Å². The molecule has 0 bridgehead atoms. The highest BCUT2D eigenvalue weighted by molar-refractivity contribution is 5.89. The van der Waals surface area contributed by atoms with Gasteiger partial charge in [0.25, 0.3) is 0 Å². The fraction of sp³-hybridized carbons (Fsp3) is 0.364. The van der Waals surface area contributed by atoms with Crippen LogP contribution in [0.4, 0.5) is 5.69 Å². The van der Waals surface area contributed by atoms with Gasteiger partial charge in [0, 0.05) is 13.6 Å². The van der Waals surface area contributed by atoms with Gasteiger partial charge in [-0.05, 0) is 31.2 Å². The summed E-state index contributed by atoms with van der Waals surface area (Å²) in [5, 5.41) is 1.97. The van der Waals surface area contributed by atoms with Crippen molar-refractivity contribution in [2.45, 2.75) is 6.92 Å². The van der Waals surface area contributed by atoms with Gasteiger partial charge in [0.05, 0.1) is 18.4 Å². The monoisotopic (exact) mass is 208 g/mol. The van der Waals surface area contributed by atoms with E-state index in [-0.39, 0.29) is 5.97 Å². The van der Waals surface area contributed by atoms with E-state index >= 15 is 0 Å². The van der Waals surface area contributed by atoms with Crippen LogP contribution in [0, 0.1) is 0 Å². The fourth-order valence-corrected chi connectivity index (χ4v) is 1.37. The van der Waals surface area contributed by atoms with Gasteiger partial charge in [-0.2, -0.15) is 0 Å². The van der Waals surface area contributed by atoms with Crippen molar-refractivity contribution >= 4 is 11.7 Å². The molecule has 1 rings (SSSR count). The molecular formula is C11H16N2O2. The molecule has 0 saturated carbocycles. The number of rotatable bonds is 4. The number of hydrogen-bond donors (Lipinski definition) is 1. The summed E-state index contributed by atoms with van der Waals surface area (Å²) in [6, 6.07) is 7.26. The van der Waals surface area contributed by atoms with E-state index in [0.717, 1.165) is 12.2 Å². The number of methoxy groups -OCH3 is 1. The van der Waals surface area contributed by atoms with Crippen LogP contribution in [0.3, 0.4) is 0 Å². The predicted octanol–water partition coefficient (Wildman–Crippen LogP) is 1.43. The minimum absolute atomic E-state index is 0.311. The van der Waals surface area contributed by atoms with E-state index in [1.165, 1.54) is 7.11 Å². The first-order chi connectivity index (χ1) is 7.22. The largest absolute Gasteiger partial charge is 0.465 e. The van der Waals surface area contributed by atoms with Crippen LogP contribution >= 0.6 is 0 Å². The first kappa shape index (κ1) is 11.5. The van der Waals surface area contributed by atoms with E-state index in [2.05, 4.69) is 10.2 Å². The van der Waals surface area contributed by atoms with Crippen molar-refractivity contribution < 1.29 is 9.53 Å². The maximum atomic E-state index is 11.2. The first-order valence-corrected chi connectivity index (χ1v) is 4.86. The third-order valence-electron chi connectivity index (χ3n) is 2.19. The molecule has 0 spiro atoms. The smallest absolute Gasteiger partial charge is 0.337 e. The Hall–Kier alpha value is -1.55. The van der Waals surface area contributed by atoms with Crippen molar-refractivity contribution in [3.05, 3.63) is 29.8 Å². The van der Waals surface area contributed by atoms with Gasteiger partial charge in [-0.1, -0.05) is 0 Å². The lowest BCUT2D eigenvalue weighted by Gasteiger charge is -2.21. The molecule has 0 fully saturated rings. The van der Waals surface area contributed by atoms with Crippen molar-refractivity contribution in [1.82, 2.24) is 5.43 Å². The van der Waals surface area contributed by atoms with Gasteiger partial charge in [0.15, 0.2) is 0 Å². The number of esters is 1. The Bertz CT molecular complexity index is 318. The van der Waals surface area contributed by atoms with Crippen LogP contribution in [0.5, 0.6) is 0 Å². The zero-order valence-corrected chi connectivity index (χ0v) is 9.28. The average Bonchev–Trinajstić information content (AvgIpc) is 2.30. The van der Waals surface area contributed by atoms with E-state index in [0.29, 0.717) is 5.56 Å². The molecule has 4 heteroatoms. The highest BCUT2D eigenvalue weighted by Crippen LogP contribution is 2.13. The second kappa shape index (κ2) is 5.36. The van der Waals surface area contributed by atoms with Gasteiger partial charge in [0.1, 0.15) is 0 Å². The first-order valence-electron chi connectivity index (χ1n) is 4.86. The van der Waals surface area contributed by atoms with Gasteiger partial charge < -0.3 is 9.75 Å². The molecule has 0 unspecified atom stereocenters. The molecule has 0 radical (unpaired) electrons. The highest BCUT2D eigenvalue weighted by Gasteiger charge is 2.06. The molecule has 0 saturated heterocycles. The van der Waals surface area contributed by atoms with E-state index in [1.54, 1.807) is 12.1 Å². The second-order valence-corrected chi connectivity index (χ2v) is 3.01. The molecule has 0 amide bonds. The summed E-state index contributed by atoms with van der Waals surface area (Å²) in [7, 11) is 3.24. The lowest BCUT2D eigenvalue weighted by atomic mass is 10.2. The van der Waals surface area contributed by atoms with Gasteiger partial charge in [-0.3, -0.25) is 0 Å². The molecule has 0 heterocycles. The zero-order chi connectivity index (χ0) is 11.3. The molecule has 0 aliphatic heterocycles. The molecule has 82 valence electrons. The molecule has 15 heavy (non-hydrogen) atoms. The predicted molar refractivity (Wildman–Crippen MR) is 59.9 cm³/mol. The summed E-state index contributed by atoms with van der Waals surface area (Å²) in [5.74, 6) is -0.311. The maximum absolute atomic E-state index is 11.2. The van der Waals surface area contributed by atoms with Crippen molar-refractivity contribution in [1.29, 1.82) is 0 Å². The maximum Gasteiger partial charge on any atom is 0.337 e. The highest BCUT2D eigenvalue weighted by atomic mass is 16.5. The minimum Gasteiger partial charge on any atom is -0.465 e. The summed E-state index contributed by atoms with van der Waals surface area (Å²) in [4.78, 5) is 11.2. The Labute approximate surface area is 89.8 Å². The molecule has 1 aromatic rings. The van der Waals surface area contributed by atoms with Crippen LogP contribution in [0.25, 0.3) is 0 Å². The molecule has 0 aliphatic rings. The number of nitrogens with one attached hydrogen (secondary N) is 1. The number of carbonyl (C=O) groups is 1. The number of ether oxygens (including phenoxy) is 1. The number of nitrogens with zero attached hydrogens (tertiary/aromatic N) is 1. The number of hydrazine groups is 1. The van der Waals surface area contributed by atoms with Crippen molar-refractivity contribution in [3.63, 3.8) is 0 Å². The lowest BCUT2D eigenvalue weighted by Crippen LogP contribution is -2.34. The topological polar surface area (TPSA) is 41.6 Å². The van der Waals surface area contributed by atoms with E-state index in [9.17, 15) is 4.79 Å². The molecule has 0 atom stereocenters. The standard InChI is InChI=1S/C11H16N2O2/c1-4-13(12-2)10-7-5-9(6-8-10)11(14)15-3/h5-8,12H,4H2,1-3H3. The number of benzene rings is 1. The molecule has 1 aromatic carbocycles. The Morgan fingerprint density at radius 1 is 1.40 bits per heavy atom. The Kier molecular flexibility index (Phi) is 4.12. The van der Waals surface area contributed by atoms with E-state index in [4.69, 9.17) is 0 Å². The van der Waals surface area contributed by atoms with Crippen LogP contribution in [0.15, 0.2) is 24.3 Å². The minimum atomic E-state index is -0.311. The van der Waals surface area contributed by atoms with Crippen molar-refractivity contribution in [2.24, 2.45) is 0 Å². The van der Waals surface area contributed by atoms with Gasteiger partial charge in [0.2, 0.25) is 0 Å². The Morgan fingerprint density at radius 2 is 2.00 bits per heavy atom. The Morgan fingerprint density at radius 3 is 2.40 bits per heavy atom. The van der Waals surface area contributed by atoms with E-state index in [1.807, 2.05) is 31.1 Å². The number of carbonyl (C=O) groups excluding carboxylic acids is 1. The number of anilines is 1. The quantitative estimate of drug-likeness (QED) is 0.600. The van der Waals surface area contributed by atoms with Crippen LogP contribution in [-0.4, -0.2) is 26.7 Å². The molecular weight excluding hydrogens is 192 g/mol. The summed E-state index contributed by atoms with van der Waals surface area (Å²) in [6.07, 6.45) is 0. The summed E-state index contributed by atoms with van der Waals surface area (Å²) < 4.78 is 4.62. The van der Waals surface area contributed by atoms with Crippen LogP contribution in [-0.2, 0) is 4.74 Å². The normalized spacial score (nSPS) is 9.80. The molecule has 0 aromatic heterocycles. The average molecular weight is 208 g/mol. The lowest BCUT2D eigenvalue weighted by molar-refractivity contribution is 0.0601. The molecule has 1 N–H and O–H groups in total. The van der Waals surface area contributed by atoms with Crippen molar-refractivity contribution in [3.8, 4) is 0 Å². The van der Waals surface area contributed by atoms with Crippen LogP contribution in [0.2, 0.25) is 0 Å². The third-order valence-corrected chi connectivity index (χ3v) is 2.19. The van der Waals surface area contributed by atoms with Crippen LogP contribution < -0.4 is 10.4 Å². The zero-order valence-electron chi connectivity index (χ0n) is 9.28. The molecule has 0 aliphatic carbocycles. The van der Waals surface area contributed by atoms with Gasteiger partial charge in [-0.25, -0.2) is 10.2 Å². The SMILES string of the molecule is CCN(NC)c1ccc(C(=O)OC)cc1. The summed E-state index contributed by atoms with van der Waals surface area (Å²) in [5.41, 5.74) is 4.63. The fourth-order valence-electron chi connectivity index (χ4n) is 1.37. The Balaban J connectivity index is 2.84. The summed E-state index contributed by atoms with van der Waals surface area (Å²) >= 11 is 0. The third kappa shape index (κ3) is 2.70. The number of hydrogen-bond acceptors (Lipinski definition) is 4. The van der Waals surface area contributed by atoms with Crippen LogP contribution in [0.1, 0.15) is 17.3 Å². The second-order valence-electron chi connectivity index (χ2n) is 3.01. The summed E-state index contributed by atoms with van der Waals surface area (Å²) in [6.45, 7) is 2.90. The van der Waals surface area contributed by atoms with E-state index < -0.39 is 0 Å². The van der Waals surface area contributed by atoms with Crippen molar-refractivity contribution in [2.75, 3.05) is 25.7 Å². The van der Waals surface area contributed by atoms with Gasteiger partial charge >= 0.3 is 5.97 Å².